The Morgan fingerprint density at radius 3 is 2.79 bits per heavy atom. The number of benzene rings is 1. The number of aryl methyl sites for hydroxylation is 1. The SMILES string of the molecule is CCCCCc1nc(-c2cccc(N3CCCC3=O)c2)n([C@@H]2CCCC[C@H]2O)n1. The number of unbranched alkanes of at least 4 members (excludes halogenated alkanes) is 2. The third-order valence-electron chi connectivity index (χ3n) is 6.18. The van der Waals surface area contributed by atoms with E-state index in [4.69, 9.17) is 10.1 Å². The highest BCUT2D eigenvalue weighted by Crippen LogP contribution is 2.33. The molecule has 1 aromatic heterocycles. The van der Waals surface area contributed by atoms with E-state index in [-0.39, 0.29) is 18.1 Å². The molecule has 0 spiro atoms. The van der Waals surface area contributed by atoms with Crippen LogP contribution in [-0.4, -0.2) is 38.4 Å². The Morgan fingerprint density at radius 1 is 1.17 bits per heavy atom. The third kappa shape index (κ3) is 4.37. The van der Waals surface area contributed by atoms with Gasteiger partial charge in [-0.15, -0.1) is 0 Å². The van der Waals surface area contributed by atoms with Crippen LogP contribution in [0.1, 0.15) is 76.6 Å². The molecule has 1 aliphatic heterocycles. The lowest BCUT2D eigenvalue weighted by atomic mass is 9.92. The molecule has 1 aliphatic carbocycles. The van der Waals surface area contributed by atoms with Gasteiger partial charge in [0.1, 0.15) is 0 Å². The van der Waals surface area contributed by atoms with Gasteiger partial charge < -0.3 is 10.0 Å². The van der Waals surface area contributed by atoms with E-state index in [1.54, 1.807) is 0 Å². The minimum atomic E-state index is -0.379. The number of aliphatic hydroxyl groups is 1. The van der Waals surface area contributed by atoms with Crippen LogP contribution in [0.2, 0.25) is 0 Å². The van der Waals surface area contributed by atoms with Gasteiger partial charge >= 0.3 is 0 Å². The highest BCUT2D eigenvalue weighted by atomic mass is 16.3. The monoisotopic (exact) mass is 396 g/mol. The second kappa shape index (κ2) is 9.08. The number of rotatable bonds is 7. The number of hydrogen-bond donors (Lipinski definition) is 1. The summed E-state index contributed by atoms with van der Waals surface area (Å²) < 4.78 is 1.97. The van der Waals surface area contributed by atoms with Gasteiger partial charge in [-0.2, -0.15) is 5.10 Å². The predicted molar refractivity (Wildman–Crippen MR) is 114 cm³/mol. The summed E-state index contributed by atoms with van der Waals surface area (Å²) in [6.07, 6.45) is 9.35. The molecule has 6 heteroatoms. The highest BCUT2D eigenvalue weighted by molar-refractivity contribution is 5.95. The average molecular weight is 397 g/mol. The van der Waals surface area contributed by atoms with Gasteiger partial charge in [-0.25, -0.2) is 9.67 Å². The Labute approximate surface area is 172 Å². The van der Waals surface area contributed by atoms with Crippen molar-refractivity contribution in [2.75, 3.05) is 11.4 Å². The van der Waals surface area contributed by atoms with Gasteiger partial charge in [0.25, 0.3) is 0 Å². The summed E-state index contributed by atoms with van der Waals surface area (Å²) in [7, 11) is 0. The van der Waals surface area contributed by atoms with Crippen LogP contribution < -0.4 is 4.90 Å². The van der Waals surface area contributed by atoms with E-state index in [0.29, 0.717) is 6.42 Å². The topological polar surface area (TPSA) is 71.2 Å². The third-order valence-corrected chi connectivity index (χ3v) is 6.18. The molecule has 0 bridgehead atoms. The van der Waals surface area contributed by atoms with Crippen molar-refractivity contribution in [3.63, 3.8) is 0 Å². The fourth-order valence-corrected chi connectivity index (χ4v) is 4.55. The number of anilines is 1. The Morgan fingerprint density at radius 2 is 2.03 bits per heavy atom. The average Bonchev–Trinajstić information content (AvgIpc) is 3.35. The Kier molecular flexibility index (Phi) is 6.28. The lowest BCUT2D eigenvalue weighted by molar-refractivity contribution is -0.117. The number of nitrogens with zero attached hydrogens (tertiary/aromatic N) is 4. The van der Waals surface area contributed by atoms with Crippen LogP contribution in [0.3, 0.4) is 0 Å². The van der Waals surface area contributed by atoms with Crippen molar-refractivity contribution in [3.05, 3.63) is 30.1 Å². The Bertz CT molecular complexity index is 847. The maximum Gasteiger partial charge on any atom is 0.227 e. The molecule has 4 rings (SSSR count). The number of aliphatic hydroxyl groups excluding tert-OH is 1. The van der Waals surface area contributed by atoms with Gasteiger partial charge in [0, 0.05) is 30.6 Å². The van der Waals surface area contributed by atoms with Gasteiger partial charge in [0.05, 0.1) is 12.1 Å². The smallest absolute Gasteiger partial charge is 0.227 e. The molecule has 2 atom stereocenters. The molecule has 156 valence electrons. The van der Waals surface area contributed by atoms with E-state index >= 15 is 0 Å². The molecule has 1 N–H and O–H groups in total. The molecule has 1 aromatic carbocycles. The molecule has 0 radical (unpaired) electrons. The molecule has 2 heterocycles. The molecule has 1 saturated carbocycles. The molecule has 2 fully saturated rings. The second-order valence-electron chi connectivity index (χ2n) is 8.37. The summed E-state index contributed by atoms with van der Waals surface area (Å²) in [5.41, 5.74) is 1.89. The number of carbonyl (C=O) groups is 1. The quantitative estimate of drug-likeness (QED) is 0.709. The zero-order valence-electron chi connectivity index (χ0n) is 17.4. The molecule has 2 aliphatic rings. The zero-order chi connectivity index (χ0) is 20.2. The van der Waals surface area contributed by atoms with Crippen molar-refractivity contribution in [2.45, 2.75) is 83.3 Å². The molecular weight excluding hydrogens is 364 g/mol. The van der Waals surface area contributed by atoms with Crippen LogP contribution in [-0.2, 0) is 11.2 Å². The first kappa shape index (κ1) is 20.1. The summed E-state index contributed by atoms with van der Waals surface area (Å²) in [5.74, 6) is 1.86. The summed E-state index contributed by atoms with van der Waals surface area (Å²) >= 11 is 0. The van der Waals surface area contributed by atoms with Crippen molar-refractivity contribution in [1.82, 2.24) is 14.8 Å². The standard InChI is InChI=1S/C23H32N4O2/c1-2-3-4-13-21-24-23(27(25-21)19-11-5-6-12-20(19)28)17-9-7-10-18(16-17)26-15-8-14-22(26)29/h7,9-10,16,19-20,28H,2-6,8,11-15H2,1H3/t19-,20-/m1/s1. The van der Waals surface area contributed by atoms with Gasteiger partial charge in [-0.05, 0) is 37.8 Å². The van der Waals surface area contributed by atoms with Gasteiger partial charge in [-0.3, -0.25) is 4.79 Å². The highest BCUT2D eigenvalue weighted by Gasteiger charge is 2.29. The number of carbonyl (C=O) groups excluding carboxylic acids is 1. The number of aromatic nitrogens is 3. The lowest BCUT2D eigenvalue weighted by Gasteiger charge is -2.28. The van der Waals surface area contributed by atoms with Gasteiger partial charge in [-0.1, -0.05) is 44.7 Å². The van der Waals surface area contributed by atoms with E-state index in [2.05, 4.69) is 13.0 Å². The van der Waals surface area contributed by atoms with Crippen LogP contribution in [0.4, 0.5) is 5.69 Å². The molecule has 0 unspecified atom stereocenters. The summed E-state index contributed by atoms with van der Waals surface area (Å²) in [6.45, 7) is 2.97. The molecular formula is C23H32N4O2. The summed E-state index contributed by atoms with van der Waals surface area (Å²) in [5, 5.41) is 15.5. The van der Waals surface area contributed by atoms with E-state index in [1.807, 2.05) is 27.8 Å². The van der Waals surface area contributed by atoms with Gasteiger partial charge in [0.15, 0.2) is 11.6 Å². The minimum Gasteiger partial charge on any atom is -0.391 e. The van der Waals surface area contributed by atoms with Crippen LogP contribution in [0.15, 0.2) is 24.3 Å². The van der Waals surface area contributed by atoms with E-state index < -0.39 is 0 Å². The maximum atomic E-state index is 12.2. The zero-order valence-corrected chi connectivity index (χ0v) is 17.4. The molecule has 6 nitrogen and oxygen atoms in total. The number of amides is 1. The fraction of sp³-hybridized carbons (Fsp3) is 0.609. The maximum absolute atomic E-state index is 12.2. The Balaban J connectivity index is 1.68. The first-order valence-electron chi connectivity index (χ1n) is 11.2. The van der Waals surface area contributed by atoms with Crippen molar-refractivity contribution < 1.29 is 9.90 Å². The van der Waals surface area contributed by atoms with Crippen LogP contribution >= 0.6 is 0 Å². The lowest BCUT2D eigenvalue weighted by Crippen LogP contribution is -2.29. The first-order valence-corrected chi connectivity index (χ1v) is 11.2. The van der Waals surface area contributed by atoms with Crippen molar-refractivity contribution in [2.24, 2.45) is 0 Å². The normalized spacial score (nSPS) is 22.4. The predicted octanol–water partition coefficient (Wildman–Crippen LogP) is 4.28. The first-order chi connectivity index (χ1) is 14.2. The van der Waals surface area contributed by atoms with E-state index in [0.717, 1.165) is 74.4 Å². The second-order valence-corrected chi connectivity index (χ2v) is 8.37. The fourth-order valence-electron chi connectivity index (χ4n) is 4.55. The minimum absolute atomic E-state index is 0.0248. The summed E-state index contributed by atoms with van der Waals surface area (Å²) in [4.78, 5) is 18.9. The molecule has 1 saturated heterocycles. The molecule has 2 aromatic rings. The van der Waals surface area contributed by atoms with Crippen molar-refractivity contribution in [3.8, 4) is 11.4 Å². The molecule has 1 amide bonds. The number of hydrogen-bond acceptors (Lipinski definition) is 4. The molecule has 29 heavy (non-hydrogen) atoms. The van der Waals surface area contributed by atoms with E-state index in [9.17, 15) is 9.90 Å². The van der Waals surface area contributed by atoms with Crippen molar-refractivity contribution >= 4 is 11.6 Å². The van der Waals surface area contributed by atoms with Crippen molar-refractivity contribution in [1.29, 1.82) is 0 Å². The van der Waals surface area contributed by atoms with E-state index in [1.165, 1.54) is 12.8 Å². The summed E-state index contributed by atoms with van der Waals surface area (Å²) in [6, 6.07) is 8.04. The van der Waals surface area contributed by atoms with Crippen LogP contribution in [0.25, 0.3) is 11.4 Å². The van der Waals surface area contributed by atoms with Gasteiger partial charge in [0.2, 0.25) is 5.91 Å². The Hall–Kier alpha value is -2.21. The largest absolute Gasteiger partial charge is 0.391 e. The van der Waals surface area contributed by atoms with Crippen LogP contribution in [0, 0.1) is 0 Å². The van der Waals surface area contributed by atoms with Crippen LogP contribution in [0.5, 0.6) is 0 Å².